The van der Waals surface area contributed by atoms with Crippen molar-refractivity contribution in [3.05, 3.63) is 75.9 Å². The van der Waals surface area contributed by atoms with Gasteiger partial charge in [0.25, 0.3) is 0 Å². The van der Waals surface area contributed by atoms with Gasteiger partial charge >= 0.3 is 6.18 Å². The number of carbonyl (C=O) groups excluding carboxylic acids is 2. The van der Waals surface area contributed by atoms with Crippen LogP contribution in [0, 0.1) is 5.82 Å². The van der Waals surface area contributed by atoms with Gasteiger partial charge in [-0.2, -0.15) is 13.2 Å². The van der Waals surface area contributed by atoms with Crippen LogP contribution in [0.1, 0.15) is 45.3 Å². The lowest BCUT2D eigenvalue weighted by Gasteiger charge is -2.20. The Bertz CT molecular complexity index is 928. The van der Waals surface area contributed by atoms with Crippen LogP contribution >= 0.6 is 0 Å². The van der Waals surface area contributed by atoms with E-state index in [-0.39, 0.29) is 40.8 Å². The minimum absolute atomic E-state index is 0.0332. The average molecular weight is 363 g/mol. The first kappa shape index (κ1) is 18.0. The summed E-state index contributed by atoms with van der Waals surface area (Å²) in [5, 5.41) is 0. The number of fused-ring (bicyclic) bond motifs is 1. The number of benzene rings is 1. The van der Waals surface area contributed by atoms with E-state index in [0.29, 0.717) is 6.20 Å². The molecule has 0 spiro atoms. The van der Waals surface area contributed by atoms with Crippen molar-refractivity contribution in [3.8, 4) is 0 Å². The molecule has 0 atom stereocenters. The molecule has 0 saturated carbocycles. The van der Waals surface area contributed by atoms with Crippen molar-refractivity contribution in [3.63, 3.8) is 0 Å². The molecule has 0 saturated heterocycles. The number of pyridine rings is 1. The topological polar surface area (TPSA) is 47.0 Å². The summed E-state index contributed by atoms with van der Waals surface area (Å²) in [6.07, 6.45) is -3.72. The highest BCUT2D eigenvalue weighted by atomic mass is 19.4. The van der Waals surface area contributed by atoms with Crippen LogP contribution in [-0.2, 0) is 12.6 Å². The Morgan fingerprint density at radius 2 is 1.73 bits per heavy atom. The number of ketones is 2. The lowest BCUT2D eigenvalue weighted by molar-refractivity contribution is -0.137. The summed E-state index contributed by atoms with van der Waals surface area (Å²) in [5.41, 5.74) is -0.658. The molecule has 7 heteroatoms. The molecule has 3 rings (SSSR count). The Morgan fingerprint density at radius 3 is 2.31 bits per heavy atom. The summed E-state index contributed by atoms with van der Waals surface area (Å²) in [4.78, 5) is 29.1. The van der Waals surface area contributed by atoms with E-state index in [1.165, 1.54) is 18.2 Å². The van der Waals surface area contributed by atoms with Gasteiger partial charge in [-0.15, -0.1) is 0 Å². The van der Waals surface area contributed by atoms with Crippen molar-refractivity contribution in [2.45, 2.75) is 25.9 Å². The number of alkyl halides is 3. The van der Waals surface area contributed by atoms with Crippen LogP contribution in [0.2, 0.25) is 0 Å². The van der Waals surface area contributed by atoms with E-state index in [4.69, 9.17) is 0 Å². The molecule has 0 aliphatic heterocycles. The smallest absolute Gasteiger partial charge is 0.289 e. The number of rotatable bonds is 3. The van der Waals surface area contributed by atoms with Gasteiger partial charge in [0, 0.05) is 35.0 Å². The van der Waals surface area contributed by atoms with Gasteiger partial charge in [0.2, 0.25) is 0 Å². The highest BCUT2D eigenvalue weighted by Gasteiger charge is 2.34. The third kappa shape index (κ3) is 3.05. The van der Waals surface area contributed by atoms with Crippen molar-refractivity contribution in [1.82, 2.24) is 4.98 Å². The van der Waals surface area contributed by atoms with E-state index >= 15 is 0 Å². The normalized spacial score (nSPS) is 14.7. The second-order valence-electron chi connectivity index (χ2n) is 5.84. The fourth-order valence-corrected chi connectivity index (χ4v) is 2.97. The van der Waals surface area contributed by atoms with Crippen LogP contribution in [0.4, 0.5) is 17.6 Å². The quantitative estimate of drug-likeness (QED) is 0.751. The van der Waals surface area contributed by atoms with Crippen molar-refractivity contribution in [2.75, 3.05) is 0 Å². The Kier molecular flexibility index (Phi) is 4.48. The summed E-state index contributed by atoms with van der Waals surface area (Å²) in [6.45, 7) is 1.66. The monoisotopic (exact) mass is 363 g/mol. The fourth-order valence-electron chi connectivity index (χ4n) is 2.97. The Labute approximate surface area is 146 Å². The van der Waals surface area contributed by atoms with E-state index in [0.717, 1.165) is 12.1 Å². The van der Waals surface area contributed by atoms with Gasteiger partial charge in [0.15, 0.2) is 11.6 Å². The number of allylic oxidation sites excluding steroid dienone is 2. The summed E-state index contributed by atoms with van der Waals surface area (Å²) >= 11 is 0. The fraction of sp³-hybridized carbons (Fsp3) is 0.211. The molecular weight excluding hydrogens is 350 g/mol. The van der Waals surface area contributed by atoms with E-state index in [1.807, 2.05) is 0 Å². The van der Waals surface area contributed by atoms with Crippen LogP contribution in [0.15, 0.2) is 47.7 Å². The van der Waals surface area contributed by atoms with E-state index in [2.05, 4.69) is 4.98 Å². The number of hydrogen-bond acceptors (Lipinski definition) is 3. The summed E-state index contributed by atoms with van der Waals surface area (Å²) < 4.78 is 51.9. The summed E-state index contributed by atoms with van der Waals surface area (Å²) in [7, 11) is 0. The Morgan fingerprint density at radius 1 is 1.00 bits per heavy atom. The van der Waals surface area contributed by atoms with Gasteiger partial charge in [-0.05, 0) is 24.6 Å². The molecule has 0 unspecified atom stereocenters. The van der Waals surface area contributed by atoms with E-state index in [9.17, 15) is 27.2 Å². The zero-order valence-corrected chi connectivity index (χ0v) is 13.7. The molecule has 1 aromatic heterocycles. The molecular formula is C19H13F4NO2. The van der Waals surface area contributed by atoms with Crippen LogP contribution in [-0.4, -0.2) is 16.6 Å². The van der Waals surface area contributed by atoms with Gasteiger partial charge in [-0.25, -0.2) is 4.39 Å². The minimum atomic E-state index is -4.51. The third-order valence-corrected chi connectivity index (χ3v) is 4.26. The zero-order valence-electron chi connectivity index (χ0n) is 13.7. The minimum Gasteiger partial charge on any atom is -0.289 e. The van der Waals surface area contributed by atoms with E-state index in [1.54, 1.807) is 6.92 Å². The summed E-state index contributed by atoms with van der Waals surface area (Å²) in [6, 6.07) is 5.86. The average Bonchev–Trinajstić information content (AvgIpc) is 2.59. The van der Waals surface area contributed by atoms with Crippen LogP contribution in [0.3, 0.4) is 0 Å². The molecule has 1 aromatic carbocycles. The number of hydrogen-bond donors (Lipinski definition) is 0. The zero-order chi connectivity index (χ0) is 19.1. The number of nitrogens with zero attached hydrogens (tertiary/aromatic N) is 1. The van der Waals surface area contributed by atoms with Crippen molar-refractivity contribution < 1.29 is 27.2 Å². The lowest BCUT2D eigenvalue weighted by Crippen LogP contribution is -2.24. The SMILES string of the molecule is CCC1=C(Cc2ccc(C(F)(F)F)cn2)C(=O)c2cccc(F)c2C1=O. The first-order valence-electron chi connectivity index (χ1n) is 7.86. The van der Waals surface area contributed by atoms with Gasteiger partial charge in [0.1, 0.15) is 5.82 Å². The first-order chi connectivity index (χ1) is 12.2. The van der Waals surface area contributed by atoms with Crippen LogP contribution in [0.25, 0.3) is 0 Å². The molecule has 1 heterocycles. The number of carbonyl (C=O) groups is 2. The molecule has 1 aliphatic rings. The maximum absolute atomic E-state index is 14.0. The predicted octanol–water partition coefficient (Wildman–Crippen LogP) is 4.57. The van der Waals surface area contributed by atoms with Crippen molar-refractivity contribution >= 4 is 11.6 Å². The van der Waals surface area contributed by atoms with Gasteiger partial charge < -0.3 is 0 Å². The maximum atomic E-state index is 14.0. The molecule has 3 nitrogen and oxygen atoms in total. The molecule has 0 radical (unpaired) electrons. The van der Waals surface area contributed by atoms with E-state index < -0.39 is 29.1 Å². The highest BCUT2D eigenvalue weighted by Crippen LogP contribution is 2.32. The second kappa shape index (κ2) is 6.48. The lowest BCUT2D eigenvalue weighted by atomic mass is 9.81. The number of halogens is 4. The van der Waals surface area contributed by atoms with Crippen LogP contribution < -0.4 is 0 Å². The highest BCUT2D eigenvalue weighted by molar-refractivity contribution is 6.27. The van der Waals surface area contributed by atoms with Gasteiger partial charge in [0.05, 0.1) is 11.1 Å². The molecule has 0 amide bonds. The molecule has 134 valence electrons. The van der Waals surface area contributed by atoms with Crippen LogP contribution in [0.5, 0.6) is 0 Å². The molecule has 0 N–H and O–H groups in total. The third-order valence-electron chi connectivity index (χ3n) is 4.26. The van der Waals surface area contributed by atoms with Crippen molar-refractivity contribution in [1.29, 1.82) is 0 Å². The van der Waals surface area contributed by atoms with Gasteiger partial charge in [-0.3, -0.25) is 14.6 Å². The largest absolute Gasteiger partial charge is 0.417 e. The number of aromatic nitrogens is 1. The molecule has 0 bridgehead atoms. The summed E-state index contributed by atoms with van der Waals surface area (Å²) in [5.74, 6) is -1.83. The Hall–Kier alpha value is -2.83. The molecule has 2 aromatic rings. The predicted molar refractivity (Wildman–Crippen MR) is 85.3 cm³/mol. The molecule has 1 aliphatic carbocycles. The van der Waals surface area contributed by atoms with Gasteiger partial charge in [-0.1, -0.05) is 19.1 Å². The standard InChI is InChI=1S/C19H13F4NO2/c1-2-12-14(8-11-7-6-10(9-24-11)19(21,22)23)17(25)13-4-3-5-15(20)16(13)18(12)26/h3-7,9H,2,8H2,1H3. The maximum Gasteiger partial charge on any atom is 0.417 e. The van der Waals surface area contributed by atoms with Crippen molar-refractivity contribution in [2.24, 2.45) is 0 Å². The second-order valence-corrected chi connectivity index (χ2v) is 5.84. The molecule has 0 fully saturated rings. The molecule has 26 heavy (non-hydrogen) atoms. The first-order valence-corrected chi connectivity index (χ1v) is 7.86. The number of Topliss-reactive ketones (excluding diaryl/α,β-unsaturated/α-hetero) is 2. The Balaban J connectivity index is 2.01.